The third-order valence-corrected chi connectivity index (χ3v) is 4.41. The molecule has 3 N–H and O–H groups in total. The fourth-order valence-electron chi connectivity index (χ4n) is 2.24. The van der Waals surface area contributed by atoms with E-state index >= 15 is 0 Å². The first-order valence-corrected chi connectivity index (χ1v) is 7.55. The Balaban J connectivity index is 1.62. The summed E-state index contributed by atoms with van der Waals surface area (Å²) in [6, 6.07) is 4.55. The van der Waals surface area contributed by atoms with Gasteiger partial charge in [-0.05, 0) is 42.5 Å². The van der Waals surface area contributed by atoms with Crippen LogP contribution in [0.15, 0.2) is 23.2 Å². The molecule has 1 aromatic rings. The average molecular weight is 307 g/mol. The Hall–Kier alpha value is -1.89. The third-order valence-electron chi connectivity index (χ3n) is 3.43. The number of benzene rings is 1. The lowest BCUT2D eigenvalue weighted by atomic mass is 10.1. The van der Waals surface area contributed by atoms with Crippen LogP contribution in [0, 0.1) is 5.82 Å². The quantitative estimate of drug-likeness (QED) is 0.891. The number of rotatable bonds is 4. The first-order chi connectivity index (χ1) is 10.0. The summed E-state index contributed by atoms with van der Waals surface area (Å²) in [5.41, 5.74) is 6.63. The highest BCUT2D eigenvalue weighted by atomic mass is 32.2. The van der Waals surface area contributed by atoms with Gasteiger partial charge in [0.15, 0.2) is 5.17 Å². The summed E-state index contributed by atoms with van der Waals surface area (Å²) in [6.07, 6.45) is 1.97. The van der Waals surface area contributed by atoms with Gasteiger partial charge in [-0.15, -0.1) is 0 Å². The van der Waals surface area contributed by atoms with Crippen molar-refractivity contribution in [3.63, 3.8) is 0 Å². The summed E-state index contributed by atoms with van der Waals surface area (Å²) in [4.78, 5) is 27.0. The summed E-state index contributed by atoms with van der Waals surface area (Å²) >= 11 is 1.09. The average Bonchev–Trinajstić information content (AvgIpc) is 3.19. The molecular formula is C14H14FN3O2S. The zero-order valence-corrected chi connectivity index (χ0v) is 12.0. The molecule has 7 heteroatoms. The number of hydrogen-bond acceptors (Lipinski definition) is 4. The van der Waals surface area contributed by atoms with Crippen molar-refractivity contribution in [2.24, 2.45) is 10.7 Å². The molecule has 1 heterocycles. The number of nitrogens with two attached hydrogens (primary N) is 1. The Bertz CT molecular complexity index is 643. The van der Waals surface area contributed by atoms with Crippen molar-refractivity contribution in [1.82, 2.24) is 0 Å². The zero-order valence-electron chi connectivity index (χ0n) is 11.1. The molecule has 0 aromatic heterocycles. The van der Waals surface area contributed by atoms with Gasteiger partial charge in [-0.3, -0.25) is 9.59 Å². The van der Waals surface area contributed by atoms with Crippen LogP contribution in [0.4, 0.5) is 10.1 Å². The number of halogens is 1. The monoisotopic (exact) mass is 307 g/mol. The lowest BCUT2D eigenvalue weighted by Crippen LogP contribution is -2.21. The van der Waals surface area contributed by atoms with E-state index in [1.54, 1.807) is 6.07 Å². The first-order valence-electron chi connectivity index (χ1n) is 6.67. The molecule has 0 radical (unpaired) electrons. The van der Waals surface area contributed by atoms with Gasteiger partial charge in [0.05, 0.1) is 0 Å². The Morgan fingerprint density at radius 2 is 2.24 bits per heavy atom. The van der Waals surface area contributed by atoms with Crippen LogP contribution in [0.25, 0.3) is 0 Å². The molecule has 1 atom stereocenters. The van der Waals surface area contributed by atoms with Gasteiger partial charge < -0.3 is 11.1 Å². The summed E-state index contributed by atoms with van der Waals surface area (Å²) in [5, 5.41) is 2.32. The number of carbonyl (C=O) groups excluding carboxylic acids is 2. The van der Waals surface area contributed by atoms with Crippen LogP contribution in [0.2, 0.25) is 0 Å². The lowest BCUT2D eigenvalue weighted by molar-refractivity contribution is -0.121. The summed E-state index contributed by atoms with van der Waals surface area (Å²) in [6.45, 7) is 0. The van der Waals surface area contributed by atoms with Gasteiger partial charge in [-0.2, -0.15) is 4.99 Å². The van der Waals surface area contributed by atoms with Gasteiger partial charge in [0.1, 0.15) is 11.1 Å². The van der Waals surface area contributed by atoms with Crippen molar-refractivity contribution >= 4 is 34.4 Å². The van der Waals surface area contributed by atoms with E-state index in [9.17, 15) is 14.0 Å². The second-order valence-electron chi connectivity index (χ2n) is 5.16. The van der Waals surface area contributed by atoms with E-state index in [4.69, 9.17) is 5.73 Å². The molecule has 21 heavy (non-hydrogen) atoms. The molecule has 2 amide bonds. The standard InChI is InChI=1S/C14H14FN3O2S/c15-10-4-3-8(5-9(10)7-1-2-7)17-12(19)6-11-13(20)18-14(16)21-11/h3-5,7,11H,1-2,6H2,(H,17,19)(H2,16,18,20). The van der Waals surface area contributed by atoms with E-state index in [-0.39, 0.29) is 35.1 Å². The topological polar surface area (TPSA) is 84.5 Å². The van der Waals surface area contributed by atoms with Crippen LogP contribution >= 0.6 is 11.8 Å². The minimum atomic E-state index is -0.562. The predicted molar refractivity (Wildman–Crippen MR) is 79.6 cm³/mol. The van der Waals surface area contributed by atoms with Crippen molar-refractivity contribution in [3.05, 3.63) is 29.6 Å². The smallest absolute Gasteiger partial charge is 0.262 e. The molecule has 1 fully saturated rings. The van der Waals surface area contributed by atoms with Gasteiger partial charge >= 0.3 is 0 Å². The van der Waals surface area contributed by atoms with Crippen molar-refractivity contribution < 1.29 is 14.0 Å². The molecular weight excluding hydrogens is 293 g/mol. The van der Waals surface area contributed by atoms with Crippen LogP contribution in [0.3, 0.4) is 0 Å². The highest BCUT2D eigenvalue weighted by Gasteiger charge is 2.30. The molecule has 1 aromatic carbocycles. The van der Waals surface area contributed by atoms with Crippen molar-refractivity contribution in [1.29, 1.82) is 0 Å². The second kappa shape index (κ2) is 5.48. The number of nitrogens with one attached hydrogen (secondary N) is 1. The van der Waals surface area contributed by atoms with Crippen molar-refractivity contribution in [2.75, 3.05) is 5.32 Å². The molecule has 5 nitrogen and oxygen atoms in total. The van der Waals surface area contributed by atoms with Gasteiger partial charge in [0.2, 0.25) is 5.91 Å². The van der Waals surface area contributed by atoms with E-state index in [0.717, 1.165) is 24.6 Å². The minimum Gasteiger partial charge on any atom is -0.378 e. The summed E-state index contributed by atoms with van der Waals surface area (Å²) in [7, 11) is 0. The number of anilines is 1. The van der Waals surface area contributed by atoms with Gasteiger partial charge in [0.25, 0.3) is 5.91 Å². The van der Waals surface area contributed by atoms with Crippen LogP contribution < -0.4 is 11.1 Å². The largest absolute Gasteiger partial charge is 0.378 e. The molecule has 3 rings (SSSR count). The Kier molecular flexibility index (Phi) is 3.67. The number of thioether (sulfide) groups is 1. The van der Waals surface area contributed by atoms with E-state index in [1.165, 1.54) is 12.1 Å². The summed E-state index contributed by atoms with van der Waals surface area (Å²) in [5.74, 6) is -0.662. The summed E-state index contributed by atoms with van der Waals surface area (Å²) < 4.78 is 13.6. The Morgan fingerprint density at radius 3 is 2.86 bits per heavy atom. The van der Waals surface area contributed by atoms with Crippen molar-refractivity contribution in [3.8, 4) is 0 Å². The molecule has 0 saturated heterocycles. The van der Waals surface area contributed by atoms with Crippen LogP contribution in [-0.4, -0.2) is 22.2 Å². The van der Waals surface area contributed by atoms with Gasteiger partial charge in [-0.25, -0.2) is 4.39 Å². The lowest BCUT2D eigenvalue weighted by Gasteiger charge is -2.09. The molecule has 1 aliphatic heterocycles. The molecule has 2 aliphatic rings. The molecule has 1 unspecified atom stereocenters. The maximum Gasteiger partial charge on any atom is 0.262 e. The van der Waals surface area contributed by atoms with E-state index in [0.29, 0.717) is 11.3 Å². The Labute approximate surface area is 125 Å². The van der Waals surface area contributed by atoms with Gasteiger partial charge in [-0.1, -0.05) is 11.8 Å². The fraction of sp³-hybridized carbons (Fsp3) is 0.357. The van der Waals surface area contributed by atoms with E-state index < -0.39 is 5.25 Å². The maximum atomic E-state index is 13.6. The SMILES string of the molecule is NC1=NC(=O)C(CC(=O)Nc2ccc(F)c(C3CC3)c2)S1. The highest BCUT2D eigenvalue weighted by molar-refractivity contribution is 8.15. The van der Waals surface area contributed by atoms with Crippen molar-refractivity contribution in [2.45, 2.75) is 30.4 Å². The highest BCUT2D eigenvalue weighted by Crippen LogP contribution is 2.42. The number of hydrogen-bond donors (Lipinski definition) is 2. The van der Waals surface area contributed by atoms with Crippen LogP contribution in [0.1, 0.15) is 30.7 Å². The Morgan fingerprint density at radius 1 is 1.48 bits per heavy atom. The fourth-order valence-corrected chi connectivity index (χ4v) is 3.06. The normalized spacial score (nSPS) is 21.3. The van der Waals surface area contributed by atoms with Crippen LogP contribution in [-0.2, 0) is 9.59 Å². The number of amides is 2. The predicted octanol–water partition coefficient (Wildman–Crippen LogP) is 1.99. The van der Waals surface area contributed by atoms with E-state index in [1.807, 2.05) is 0 Å². The molecule has 1 aliphatic carbocycles. The number of aliphatic imine (C=N–C) groups is 1. The number of carbonyl (C=O) groups is 2. The molecule has 110 valence electrons. The number of nitrogens with zero attached hydrogens (tertiary/aromatic N) is 1. The third kappa shape index (κ3) is 3.24. The molecule has 0 spiro atoms. The maximum absolute atomic E-state index is 13.6. The van der Waals surface area contributed by atoms with E-state index in [2.05, 4.69) is 10.3 Å². The van der Waals surface area contributed by atoms with Gasteiger partial charge in [0, 0.05) is 12.1 Å². The number of amidine groups is 1. The second-order valence-corrected chi connectivity index (χ2v) is 6.38. The molecule has 0 bridgehead atoms. The van der Waals surface area contributed by atoms with Crippen LogP contribution in [0.5, 0.6) is 0 Å². The molecule has 1 saturated carbocycles. The first kappa shape index (κ1) is 14.1. The zero-order chi connectivity index (χ0) is 15.0. The minimum absolute atomic E-state index is 0.00381.